The van der Waals surface area contributed by atoms with Crippen LogP contribution in [0.4, 0.5) is 5.69 Å². The first-order valence-electron chi connectivity index (χ1n) is 7.83. The van der Waals surface area contributed by atoms with E-state index in [2.05, 4.69) is 43.1 Å². The summed E-state index contributed by atoms with van der Waals surface area (Å²) in [6.45, 7) is 8.58. The van der Waals surface area contributed by atoms with Crippen molar-refractivity contribution < 1.29 is 4.79 Å². The number of benzene rings is 1. The van der Waals surface area contributed by atoms with E-state index in [1.807, 2.05) is 12.1 Å². The zero-order valence-electron chi connectivity index (χ0n) is 13.3. The molecule has 1 fully saturated rings. The summed E-state index contributed by atoms with van der Waals surface area (Å²) < 4.78 is 0. The number of nitrogens with zero attached hydrogens (tertiary/aromatic N) is 1. The number of carbonyl (C=O) groups is 1. The van der Waals surface area contributed by atoms with Crippen LogP contribution in [-0.2, 0) is 4.79 Å². The normalized spacial score (nSPS) is 22.7. The quantitative estimate of drug-likeness (QED) is 0.875. The van der Waals surface area contributed by atoms with Gasteiger partial charge in [-0.05, 0) is 49.4 Å². The molecule has 2 unspecified atom stereocenters. The van der Waals surface area contributed by atoms with Gasteiger partial charge in [-0.25, -0.2) is 0 Å². The summed E-state index contributed by atoms with van der Waals surface area (Å²) in [5, 5.41) is 2.98. The maximum absolute atomic E-state index is 12.1. The molecule has 0 radical (unpaired) electrons. The molecule has 1 aromatic rings. The van der Waals surface area contributed by atoms with Gasteiger partial charge in [0.25, 0.3) is 0 Å². The Hall–Kier alpha value is -1.39. The van der Waals surface area contributed by atoms with Crippen LogP contribution in [0.3, 0.4) is 0 Å². The highest BCUT2D eigenvalue weighted by Gasteiger charge is 2.29. The molecule has 1 aromatic carbocycles. The fourth-order valence-corrected chi connectivity index (χ4v) is 2.95. The van der Waals surface area contributed by atoms with Gasteiger partial charge >= 0.3 is 0 Å². The minimum Gasteiger partial charge on any atom is -0.330 e. The molecule has 2 atom stereocenters. The van der Waals surface area contributed by atoms with Gasteiger partial charge in [-0.1, -0.05) is 26.0 Å². The van der Waals surface area contributed by atoms with Crippen molar-refractivity contribution in [3.8, 4) is 0 Å². The third-order valence-electron chi connectivity index (χ3n) is 4.33. The lowest BCUT2D eigenvalue weighted by atomic mass is 10.0. The van der Waals surface area contributed by atoms with Crippen LogP contribution in [0.1, 0.15) is 38.7 Å². The number of hydrogen-bond donors (Lipinski definition) is 2. The molecule has 1 heterocycles. The highest BCUT2D eigenvalue weighted by atomic mass is 16.2. The summed E-state index contributed by atoms with van der Waals surface area (Å²) in [6.07, 6.45) is 1.09. The van der Waals surface area contributed by atoms with Crippen molar-refractivity contribution in [1.82, 2.24) is 4.90 Å². The van der Waals surface area contributed by atoms with Crippen LogP contribution in [0.2, 0.25) is 0 Å². The molecule has 0 spiro atoms. The first-order chi connectivity index (χ1) is 9.99. The van der Waals surface area contributed by atoms with Gasteiger partial charge in [0, 0.05) is 18.3 Å². The molecule has 2 rings (SSSR count). The minimum atomic E-state index is 0.0526. The van der Waals surface area contributed by atoms with Crippen molar-refractivity contribution >= 4 is 11.6 Å². The van der Waals surface area contributed by atoms with Crippen LogP contribution in [0.15, 0.2) is 24.3 Å². The number of anilines is 1. The first kappa shape index (κ1) is 16.0. The van der Waals surface area contributed by atoms with E-state index in [4.69, 9.17) is 5.73 Å². The molecule has 4 nitrogen and oxygen atoms in total. The number of carbonyl (C=O) groups excluding carboxylic acids is 1. The highest BCUT2D eigenvalue weighted by molar-refractivity contribution is 5.92. The van der Waals surface area contributed by atoms with Gasteiger partial charge in [-0.15, -0.1) is 0 Å². The molecular weight excluding hydrogens is 262 g/mol. The Labute approximate surface area is 127 Å². The average molecular weight is 289 g/mol. The lowest BCUT2D eigenvalue weighted by Gasteiger charge is -2.20. The Morgan fingerprint density at radius 3 is 2.57 bits per heavy atom. The SMILES string of the molecule is CC(C)c1ccc(NC(=O)CN2CC(CN)CC2C)cc1. The maximum atomic E-state index is 12.1. The summed E-state index contributed by atoms with van der Waals surface area (Å²) >= 11 is 0. The van der Waals surface area contributed by atoms with Crippen molar-refractivity contribution in [3.63, 3.8) is 0 Å². The largest absolute Gasteiger partial charge is 0.330 e. The van der Waals surface area contributed by atoms with Crippen LogP contribution in [-0.4, -0.2) is 36.5 Å². The fourth-order valence-electron chi connectivity index (χ4n) is 2.95. The van der Waals surface area contributed by atoms with Crippen molar-refractivity contribution in [2.45, 2.75) is 39.2 Å². The van der Waals surface area contributed by atoms with E-state index in [0.29, 0.717) is 31.0 Å². The number of rotatable bonds is 5. The van der Waals surface area contributed by atoms with Gasteiger partial charge in [0.1, 0.15) is 0 Å². The predicted molar refractivity (Wildman–Crippen MR) is 87.4 cm³/mol. The molecule has 1 aliphatic heterocycles. The summed E-state index contributed by atoms with van der Waals surface area (Å²) in [6, 6.07) is 8.53. The van der Waals surface area contributed by atoms with E-state index in [-0.39, 0.29) is 5.91 Å². The third kappa shape index (κ3) is 4.29. The van der Waals surface area contributed by atoms with Crippen LogP contribution in [0.25, 0.3) is 0 Å². The monoisotopic (exact) mass is 289 g/mol. The minimum absolute atomic E-state index is 0.0526. The van der Waals surface area contributed by atoms with Crippen molar-refractivity contribution in [2.75, 3.05) is 25.0 Å². The van der Waals surface area contributed by atoms with E-state index in [1.54, 1.807) is 0 Å². The van der Waals surface area contributed by atoms with Crippen LogP contribution < -0.4 is 11.1 Å². The van der Waals surface area contributed by atoms with Crippen LogP contribution in [0, 0.1) is 5.92 Å². The predicted octanol–water partition coefficient (Wildman–Crippen LogP) is 2.42. The van der Waals surface area contributed by atoms with E-state index in [0.717, 1.165) is 18.7 Å². The summed E-state index contributed by atoms with van der Waals surface area (Å²) in [7, 11) is 0. The summed E-state index contributed by atoms with van der Waals surface area (Å²) in [4.78, 5) is 14.4. The Morgan fingerprint density at radius 1 is 1.38 bits per heavy atom. The topological polar surface area (TPSA) is 58.4 Å². The van der Waals surface area contributed by atoms with Crippen molar-refractivity contribution in [1.29, 1.82) is 0 Å². The van der Waals surface area contributed by atoms with Gasteiger partial charge in [-0.3, -0.25) is 9.69 Å². The Kier molecular flexibility index (Phi) is 5.37. The standard InChI is InChI=1S/C17H27N3O/c1-12(2)15-4-6-16(7-5-15)19-17(21)11-20-10-14(9-18)8-13(20)3/h4-7,12-14H,8-11,18H2,1-3H3,(H,19,21). The lowest BCUT2D eigenvalue weighted by molar-refractivity contribution is -0.117. The maximum Gasteiger partial charge on any atom is 0.238 e. The van der Waals surface area contributed by atoms with Gasteiger partial charge in [0.2, 0.25) is 5.91 Å². The second kappa shape index (κ2) is 7.05. The molecule has 1 amide bonds. The zero-order valence-corrected chi connectivity index (χ0v) is 13.3. The number of nitrogens with one attached hydrogen (secondary N) is 1. The van der Waals surface area contributed by atoms with Crippen LogP contribution >= 0.6 is 0 Å². The molecule has 0 aromatic heterocycles. The van der Waals surface area contributed by atoms with Crippen molar-refractivity contribution in [3.05, 3.63) is 29.8 Å². The molecule has 1 aliphatic rings. The van der Waals surface area contributed by atoms with E-state index < -0.39 is 0 Å². The number of hydrogen-bond acceptors (Lipinski definition) is 3. The van der Waals surface area contributed by atoms with Gasteiger partial charge in [0.15, 0.2) is 0 Å². The molecule has 3 N–H and O–H groups in total. The Morgan fingerprint density at radius 2 is 2.05 bits per heavy atom. The van der Waals surface area contributed by atoms with E-state index in [9.17, 15) is 4.79 Å². The fraction of sp³-hybridized carbons (Fsp3) is 0.588. The lowest BCUT2D eigenvalue weighted by Crippen LogP contribution is -2.36. The molecule has 0 bridgehead atoms. The summed E-state index contributed by atoms with van der Waals surface area (Å²) in [5.74, 6) is 1.09. The second-order valence-electron chi connectivity index (χ2n) is 6.44. The third-order valence-corrected chi connectivity index (χ3v) is 4.33. The molecular formula is C17H27N3O. The molecule has 0 aliphatic carbocycles. The molecule has 21 heavy (non-hydrogen) atoms. The second-order valence-corrected chi connectivity index (χ2v) is 6.44. The highest BCUT2D eigenvalue weighted by Crippen LogP contribution is 2.22. The number of likely N-dealkylation sites (tertiary alicyclic amines) is 1. The molecule has 116 valence electrons. The van der Waals surface area contributed by atoms with Crippen molar-refractivity contribution in [2.24, 2.45) is 11.7 Å². The number of nitrogens with two attached hydrogens (primary N) is 1. The zero-order chi connectivity index (χ0) is 15.4. The number of amides is 1. The average Bonchev–Trinajstić information content (AvgIpc) is 2.80. The summed E-state index contributed by atoms with van der Waals surface area (Å²) in [5.41, 5.74) is 7.88. The molecule has 4 heteroatoms. The van der Waals surface area contributed by atoms with E-state index >= 15 is 0 Å². The smallest absolute Gasteiger partial charge is 0.238 e. The first-order valence-corrected chi connectivity index (χ1v) is 7.83. The van der Waals surface area contributed by atoms with Gasteiger partial charge < -0.3 is 11.1 Å². The molecule has 0 saturated carbocycles. The van der Waals surface area contributed by atoms with E-state index in [1.165, 1.54) is 5.56 Å². The molecule has 1 saturated heterocycles. The van der Waals surface area contributed by atoms with Gasteiger partial charge in [-0.2, -0.15) is 0 Å². The Bertz CT molecular complexity index is 469. The van der Waals surface area contributed by atoms with Gasteiger partial charge in [0.05, 0.1) is 6.54 Å². The Balaban J connectivity index is 1.87. The van der Waals surface area contributed by atoms with Crippen LogP contribution in [0.5, 0.6) is 0 Å².